The van der Waals surface area contributed by atoms with E-state index in [0.29, 0.717) is 12.3 Å². The van der Waals surface area contributed by atoms with E-state index in [2.05, 4.69) is 15.9 Å². The highest BCUT2D eigenvalue weighted by molar-refractivity contribution is 9.10. The third-order valence-corrected chi connectivity index (χ3v) is 3.71. The first kappa shape index (κ1) is 12.0. The number of nitrogens with one attached hydrogen (secondary N) is 1. The van der Waals surface area contributed by atoms with Crippen LogP contribution in [0.3, 0.4) is 0 Å². The number of ether oxygens (including phenoxy) is 1. The summed E-state index contributed by atoms with van der Waals surface area (Å²) in [6.45, 7) is 4.00. The van der Waals surface area contributed by atoms with Crippen LogP contribution in [0.1, 0.15) is 0 Å². The van der Waals surface area contributed by atoms with Gasteiger partial charge in [0.25, 0.3) is 0 Å². The SMILES string of the molecule is O=c1oc2cc(Br)ccc2n1C[NH+]1CCOCC1. The van der Waals surface area contributed by atoms with E-state index in [0.717, 1.165) is 36.3 Å². The van der Waals surface area contributed by atoms with Crippen molar-refractivity contribution in [3.8, 4) is 0 Å². The smallest absolute Gasteiger partial charge is 0.408 e. The molecule has 18 heavy (non-hydrogen) atoms. The number of morpholine rings is 1. The van der Waals surface area contributed by atoms with Crippen LogP contribution >= 0.6 is 15.9 Å². The fourth-order valence-electron chi connectivity index (χ4n) is 2.23. The first-order valence-electron chi connectivity index (χ1n) is 5.94. The third kappa shape index (κ3) is 2.23. The molecule has 0 amide bonds. The molecule has 0 bridgehead atoms. The molecule has 1 fully saturated rings. The van der Waals surface area contributed by atoms with E-state index in [1.54, 1.807) is 4.57 Å². The second kappa shape index (κ2) is 4.87. The molecule has 1 aromatic heterocycles. The van der Waals surface area contributed by atoms with Crippen LogP contribution < -0.4 is 10.7 Å². The lowest BCUT2D eigenvalue weighted by Crippen LogP contribution is -3.13. The summed E-state index contributed by atoms with van der Waals surface area (Å²) in [6, 6.07) is 5.65. The molecule has 96 valence electrons. The number of hydrogen-bond donors (Lipinski definition) is 1. The van der Waals surface area contributed by atoms with Crippen LogP contribution in [0.25, 0.3) is 11.1 Å². The van der Waals surface area contributed by atoms with Crippen molar-refractivity contribution in [3.05, 3.63) is 33.2 Å². The normalized spacial score (nSPS) is 17.4. The number of hydrogen-bond acceptors (Lipinski definition) is 3. The first-order chi connectivity index (χ1) is 8.74. The van der Waals surface area contributed by atoms with Crippen LogP contribution in [0.5, 0.6) is 0 Å². The van der Waals surface area contributed by atoms with Crippen LogP contribution in [0, 0.1) is 0 Å². The Labute approximate surface area is 112 Å². The summed E-state index contributed by atoms with van der Waals surface area (Å²) in [5.74, 6) is -0.290. The van der Waals surface area contributed by atoms with Crippen molar-refractivity contribution in [1.82, 2.24) is 4.57 Å². The van der Waals surface area contributed by atoms with Gasteiger partial charge in [-0.2, -0.15) is 0 Å². The molecule has 1 saturated heterocycles. The number of benzene rings is 1. The summed E-state index contributed by atoms with van der Waals surface area (Å²) in [5.41, 5.74) is 1.48. The molecular formula is C12H14BrN2O3+. The number of oxazole rings is 1. The highest BCUT2D eigenvalue weighted by Gasteiger charge is 2.18. The summed E-state index contributed by atoms with van der Waals surface area (Å²) in [6.07, 6.45) is 0. The van der Waals surface area contributed by atoms with Gasteiger partial charge in [-0.15, -0.1) is 0 Å². The Kier molecular flexibility index (Phi) is 3.23. The van der Waals surface area contributed by atoms with E-state index in [9.17, 15) is 4.79 Å². The fourth-order valence-corrected chi connectivity index (χ4v) is 2.57. The van der Waals surface area contributed by atoms with Crippen LogP contribution in [0.2, 0.25) is 0 Å². The lowest BCUT2D eigenvalue weighted by molar-refractivity contribution is -0.930. The quantitative estimate of drug-likeness (QED) is 0.863. The molecule has 5 nitrogen and oxygen atoms in total. The number of rotatable bonds is 2. The lowest BCUT2D eigenvalue weighted by atomic mass is 10.3. The van der Waals surface area contributed by atoms with Crippen molar-refractivity contribution in [2.75, 3.05) is 26.3 Å². The number of quaternary nitrogens is 1. The maximum atomic E-state index is 11.9. The third-order valence-electron chi connectivity index (χ3n) is 3.21. The van der Waals surface area contributed by atoms with Gasteiger partial charge in [0, 0.05) is 4.47 Å². The topological polar surface area (TPSA) is 48.8 Å². The van der Waals surface area contributed by atoms with E-state index in [-0.39, 0.29) is 5.76 Å². The molecule has 0 spiro atoms. The molecule has 1 aromatic carbocycles. The molecular weight excluding hydrogens is 300 g/mol. The van der Waals surface area contributed by atoms with E-state index < -0.39 is 0 Å². The molecule has 6 heteroatoms. The Bertz CT molecular complexity index is 613. The summed E-state index contributed by atoms with van der Waals surface area (Å²) >= 11 is 3.37. The zero-order chi connectivity index (χ0) is 12.5. The predicted octanol–water partition coefficient (Wildman–Crippen LogP) is 0.230. The zero-order valence-electron chi connectivity index (χ0n) is 9.82. The van der Waals surface area contributed by atoms with Gasteiger partial charge in [-0.25, -0.2) is 9.36 Å². The van der Waals surface area contributed by atoms with E-state index >= 15 is 0 Å². The van der Waals surface area contributed by atoms with Crippen LogP contribution in [0.4, 0.5) is 0 Å². The van der Waals surface area contributed by atoms with E-state index in [1.807, 2.05) is 18.2 Å². The number of halogens is 1. The van der Waals surface area contributed by atoms with Crippen molar-refractivity contribution >= 4 is 27.0 Å². The fraction of sp³-hybridized carbons (Fsp3) is 0.417. The average Bonchev–Trinajstić information content (AvgIpc) is 2.66. The van der Waals surface area contributed by atoms with Crippen LogP contribution in [-0.2, 0) is 11.4 Å². The van der Waals surface area contributed by atoms with Gasteiger partial charge < -0.3 is 14.1 Å². The van der Waals surface area contributed by atoms with Gasteiger partial charge in [0.05, 0.1) is 18.7 Å². The van der Waals surface area contributed by atoms with Gasteiger partial charge in [-0.1, -0.05) is 15.9 Å². The Morgan fingerprint density at radius 3 is 2.89 bits per heavy atom. The van der Waals surface area contributed by atoms with Gasteiger partial charge in [0.2, 0.25) is 0 Å². The molecule has 3 rings (SSSR count). The largest absolute Gasteiger partial charge is 0.424 e. The highest BCUT2D eigenvalue weighted by atomic mass is 79.9. The molecule has 1 aliphatic rings. The molecule has 1 aliphatic heterocycles. The van der Waals surface area contributed by atoms with Gasteiger partial charge in [0.1, 0.15) is 13.1 Å². The monoisotopic (exact) mass is 313 g/mol. The second-order valence-electron chi connectivity index (χ2n) is 4.43. The minimum atomic E-state index is -0.290. The summed E-state index contributed by atoms with van der Waals surface area (Å²) in [5, 5.41) is 0. The minimum Gasteiger partial charge on any atom is -0.408 e. The van der Waals surface area contributed by atoms with E-state index in [4.69, 9.17) is 9.15 Å². The van der Waals surface area contributed by atoms with Crippen molar-refractivity contribution in [1.29, 1.82) is 0 Å². The first-order valence-corrected chi connectivity index (χ1v) is 6.73. The maximum absolute atomic E-state index is 11.9. The molecule has 0 atom stereocenters. The van der Waals surface area contributed by atoms with Crippen LogP contribution in [0.15, 0.2) is 31.9 Å². The second-order valence-corrected chi connectivity index (χ2v) is 5.34. The molecule has 0 radical (unpaired) electrons. The summed E-state index contributed by atoms with van der Waals surface area (Å²) in [4.78, 5) is 13.2. The number of aromatic nitrogens is 1. The minimum absolute atomic E-state index is 0.290. The molecule has 0 saturated carbocycles. The molecule has 0 aliphatic carbocycles. The maximum Gasteiger partial charge on any atom is 0.424 e. The summed E-state index contributed by atoms with van der Waals surface area (Å²) < 4.78 is 13.2. The van der Waals surface area contributed by atoms with E-state index in [1.165, 1.54) is 4.90 Å². The van der Waals surface area contributed by atoms with Crippen molar-refractivity contribution in [2.24, 2.45) is 0 Å². The molecule has 2 aromatic rings. The average molecular weight is 314 g/mol. The van der Waals surface area contributed by atoms with Crippen molar-refractivity contribution in [2.45, 2.75) is 6.67 Å². The standard InChI is InChI=1S/C12H13BrN2O3/c13-9-1-2-10-11(7-9)18-12(16)15(10)8-14-3-5-17-6-4-14/h1-2,7H,3-6,8H2/p+1. The van der Waals surface area contributed by atoms with Gasteiger partial charge in [0.15, 0.2) is 12.3 Å². The number of nitrogens with zero attached hydrogens (tertiary/aromatic N) is 1. The van der Waals surface area contributed by atoms with Crippen molar-refractivity contribution < 1.29 is 14.1 Å². The van der Waals surface area contributed by atoms with Gasteiger partial charge in [-0.05, 0) is 18.2 Å². The molecule has 0 unspecified atom stereocenters. The van der Waals surface area contributed by atoms with Gasteiger partial charge in [-0.3, -0.25) is 0 Å². The van der Waals surface area contributed by atoms with Gasteiger partial charge >= 0.3 is 5.76 Å². The lowest BCUT2D eigenvalue weighted by Gasteiger charge is -2.23. The highest BCUT2D eigenvalue weighted by Crippen LogP contribution is 2.18. The van der Waals surface area contributed by atoms with Crippen molar-refractivity contribution in [3.63, 3.8) is 0 Å². The van der Waals surface area contributed by atoms with Crippen LogP contribution in [-0.4, -0.2) is 30.9 Å². The summed E-state index contributed by atoms with van der Waals surface area (Å²) in [7, 11) is 0. The predicted molar refractivity (Wildman–Crippen MR) is 69.7 cm³/mol. The Morgan fingerprint density at radius 1 is 1.33 bits per heavy atom. The Hall–Kier alpha value is -1.11. The number of fused-ring (bicyclic) bond motifs is 1. The zero-order valence-corrected chi connectivity index (χ0v) is 11.4. The Balaban J connectivity index is 1.95. The molecule has 1 N–H and O–H groups in total. The molecule has 2 heterocycles. The Morgan fingerprint density at radius 2 is 2.11 bits per heavy atom.